The summed E-state index contributed by atoms with van der Waals surface area (Å²) < 4.78 is 13.7. The summed E-state index contributed by atoms with van der Waals surface area (Å²) in [6.45, 7) is 12.0. The van der Waals surface area contributed by atoms with E-state index in [0.717, 1.165) is 20.7 Å². The quantitative estimate of drug-likeness (QED) is 0.137. The van der Waals surface area contributed by atoms with Crippen molar-refractivity contribution < 1.29 is 28.7 Å². The Labute approximate surface area is 261 Å². The number of carbonyl (C=O) groups is 2. The van der Waals surface area contributed by atoms with E-state index in [2.05, 4.69) is 0 Å². The molecule has 8 heteroatoms. The highest BCUT2D eigenvalue weighted by Crippen LogP contribution is 2.41. The molecule has 0 fully saturated rings. The highest BCUT2D eigenvalue weighted by Gasteiger charge is 2.56. The van der Waals surface area contributed by atoms with Crippen LogP contribution in [-0.4, -0.2) is 38.8 Å². The summed E-state index contributed by atoms with van der Waals surface area (Å²) in [4.78, 5) is 26.5. The molecule has 0 amide bonds. The van der Waals surface area contributed by atoms with Crippen molar-refractivity contribution in [1.29, 1.82) is 0 Å². The fourth-order valence-corrected chi connectivity index (χ4v) is 14.8. The number of rotatable bonds is 10. The summed E-state index contributed by atoms with van der Waals surface area (Å²) in [5.74, 6) is -4.43. The molecule has 0 bridgehead atoms. The van der Waals surface area contributed by atoms with Crippen LogP contribution >= 0.6 is 0 Å². The third kappa shape index (κ3) is 6.00. The highest BCUT2D eigenvalue weighted by atomic mass is 28.4. The van der Waals surface area contributed by atoms with Gasteiger partial charge in [0, 0.05) is 0 Å². The average Bonchev–Trinajstić information content (AvgIpc) is 2.99. The van der Waals surface area contributed by atoms with Gasteiger partial charge in [0.2, 0.25) is 11.5 Å². The van der Waals surface area contributed by atoms with Crippen molar-refractivity contribution in [3.63, 3.8) is 0 Å². The second kappa shape index (κ2) is 12.7. The maximum Gasteiger partial charge on any atom is 0.374 e. The summed E-state index contributed by atoms with van der Waals surface area (Å²) in [6.07, 6.45) is 0. The number of aliphatic carboxylic acids is 2. The standard InChI is InChI=1S/C36H40O6Si2/c1-35(2,3)43(27-19-11-7-12-20-27,28-21-13-8-14-22-28)41-31(33(37)38)32(34(39)40)42-44(36(4,5)6,29-23-15-9-16-24-29)30-25-17-10-18-26-30/h7-26H,1-6H3,(H,37,38)(H,39,40)/b32-31+. The van der Waals surface area contributed by atoms with Crippen LogP contribution in [0.4, 0.5) is 0 Å². The number of hydrogen-bond acceptors (Lipinski definition) is 4. The largest absolute Gasteiger partial charge is 0.526 e. The molecule has 0 aliphatic carbocycles. The molecule has 44 heavy (non-hydrogen) atoms. The number of carboxylic acid groups (broad SMARTS) is 2. The third-order valence-corrected chi connectivity index (χ3v) is 17.8. The Morgan fingerprint density at radius 1 is 0.455 bits per heavy atom. The second-order valence-corrected chi connectivity index (χ2v) is 21.2. The molecule has 0 aliphatic rings. The van der Waals surface area contributed by atoms with Gasteiger partial charge in [-0.1, -0.05) is 163 Å². The third-order valence-electron chi connectivity index (χ3n) is 7.94. The van der Waals surface area contributed by atoms with Crippen molar-refractivity contribution in [1.82, 2.24) is 0 Å². The van der Waals surface area contributed by atoms with E-state index in [1.54, 1.807) is 0 Å². The van der Waals surface area contributed by atoms with Gasteiger partial charge in [0.05, 0.1) is 0 Å². The van der Waals surface area contributed by atoms with Crippen molar-refractivity contribution in [2.24, 2.45) is 0 Å². The fourth-order valence-electron chi connectivity index (χ4n) is 5.98. The molecule has 0 spiro atoms. The van der Waals surface area contributed by atoms with Crippen LogP contribution in [-0.2, 0) is 18.4 Å². The predicted octanol–water partition coefficient (Wildman–Crippen LogP) is 5.52. The number of carboxylic acids is 2. The van der Waals surface area contributed by atoms with Crippen LogP contribution in [0.1, 0.15) is 41.5 Å². The molecule has 4 rings (SSSR count). The minimum absolute atomic E-state index is 0.614. The Hall–Kier alpha value is -4.41. The number of benzene rings is 4. The Bertz CT molecular complexity index is 1410. The Balaban J connectivity index is 2.09. The lowest BCUT2D eigenvalue weighted by atomic mass is 10.2. The van der Waals surface area contributed by atoms with Crippen LogP contribution in [0.25, 0.3) is 0 Å². The molecule has 0 aromatic heterocycles. The van der Waals surface area contributed by atoms with Gasteiger partial charge in [-0.05, 0) is 30.8 Å². The Morgan fingerprint density at radius 3 is 0.818 bits per heavy atom. The van der Waals surface area contributed by atoms with E-state index in [9.17, 15) is 19.8 Å². The van der Waals surface area contributed by atoms with Crippen molar-refractivity contribution >= 4 is 49.3 Å². The van der Waals surface area contributed by atoms with E-state index in [4.69, 9.17) is 8.85 Å². The summed E-state index contributed by atoms with van der Waals surface area (Å²) in [5.41, 5.74) is 0. The highest BCUT2D eigenvalue weighted by molar-refractivity contribution is 7.00. The molecule has 6 nitrogen and oxygen atoms in total. The maximum absolute atomic E-state index is 13.2. The molecule has 0 radical (unpaired) electrons. The van der Waals surface area contributed by atoms with Gasteiger partial charge in [-0.2, -0.15) is 0 Å². The van der Waals surface area contributed by atoms with Crippen molar-refractivity contribution in [3.8, 4) is 0 Å². The summed E-state index contributed by atoms with van der Waals surface area (Å²) >= 11 is 0. The monoisotopic (exact) mass is 624 g/mol. The SMILES string of the molecule is CC(C)(C)[Si](O/C(C(=O)O)=C(/O[Si](c1ccccc1)(c1ccccc1)C(C)(C)C)C(=O)O)(c1ccccc1)c1ccccc1. The van der Waals surface area contributed by atoms with Crippen LogP contribution in [0, 0.1) is 0 Å². The molecule has 2 N–H and O–H groups in total. The smallest absolute Gasteiger partial charge is 0.374 e. The molecule has 4 aromatic carbocycles. The molecule has 0 aliphatic heterocycles. The first-order chi connectivity index (χ1) is 20.8. The van der Waals surface area contributed by atoms with Gasteiger partial charge in [-0.3, -0.25) is 0 Å². The van der Waals surface area contributed by atoms with Gasteiger partial charge < -0.3 is 19.1 Å². The van der Waals surface area contributed by atoms with Gasteiger partial charge in [0.1, 0.15) is 0 Å². The lowest BCUT2D eigenvalue weighted by Crippen LogP contribution is -2.68. The molecule has 0 unspecified atom stereocenters. The van der Waals surface area contributed by atoms with Crippen LogP contribution in [0.15, 0.2) is 133 Å². The van der Waals surface area contributed by atoms with Crippen LogP contribution in [0.3, 0.4) is 0 Å². The predicted molar refractivity (Wildman–Crippen MR) is 180 cm³/mol. The average molecular weight is 625 g/mol. The molecule has 228 valence electrons. The number of hydrogen-bond donors (Lipinski definition) is 2. The zero-order chi connectivity index (χ0) is 32.2. The first kappa shape index (κ1) is 32.5. The van der Waals surface area contributed by atoms with Crippen LogP contribution in [0.5, 0.6) is 0 Å². The van der Waals surface area contributed by atoms with E-state index >= 15 is 0 Å². The first-order valence-corrected chi connectivity index (χ1v) is 18.4. The van der Waals surface area contributed by atoms with Crippen LogP contribution < -0.4 is 20.7 Å². The van der Waals surface area contributed by atoms with E-state index in [1.165, 1.54) is 0 Å². The van der Waals surface area contributed by atoms with Crippen molar-refractivity contribution in [2.75, 3.05) is 0 Å². The van der Waals surface area contributed by atoms with Gasteiger partial charge in [-0.15, -0.1) is 0 Å². The fraction of sp³-hybridized carbons (Fsp3) is 0.222. The summed E-state index contributed by atoms with van der Waals surface area (Å²) in [6, 6.07) is 38.0. The van der Waals surface area contributed by atoms with Crippen molar-refractivity contribution in [3.05, 3.63) is 133 Å². The Kier molecular flexibility index (Phi) is 9.37. The molecule has 0 heterocycles. The topological polar surface area (TPSA) is 93.1 Å². The molecular formula is C36H40O6Si2. The van der Waals surface area contributed by atoms with Crippen molar-refractivity contribution in [2.45, 2.75) is 51.6 Å². The molecular weight excluding hydrogens is 585 g/mol. The lowest BCUT2D eigenvalue weighted by molar-refractivity contribution is -0.140. The minimum Gasteiger partial charge on any atom is -0.526 e. The van der Waals surface area contributed by atoms with E-state index in [-0.39, 0.29) is 0 Å². The van der Waals surface area contributed by atoms with Gasteiger partial charge in [0.25, 0.3) is 0 Å². The van der Waals surface area contributed by atoms with E-state index < -0.39 is 50.2 Å². The van der Waals surface area contributed by atoms with E-state index in [0.29, 0.717) is 0 Å². The Morgan fingerprint density at radius 2 is 0.659 bits per heavy atom. The summed E-state index contributed by atoms with van der Waals surface area (Å²) in [7, 11) is -7.06. The molecule has 0 atom stereocenters. The maximum atomic E-state index is 13.2. The van der Waals surface area contributed by atoms with Crippen LogP contribution in [0.2, 0.25) is 10.1 Å². The molecule has 0 saturated heterocycles. The van der Waals surface area contributed by atoms with E-state index in [1.807, 2.05) is 163 Å². The molecule has 0 saturated carbocycles. The zero-order valence-electron chi connectivity index (χ0n) is 26.1. The lowest BCUT2D eigenvalue weighted by Gasteiger charge is -2.45. The zero-order valence-corrected chi connectivity index (χ0v) is 28.1. The first-order valence-electron chi connectivity index (χ1n) is 14.6. The van der Waals surface area contributed by atoms with Gasteiger partial charge in [-0.25, -0.2) is 9.59 Å². The van der Waals surface area contributed by atoms with Gasteiger partial charge >= 0.3 is 28.6 Å². The normalized spacial score (nSPS) is 13.0. The minimum atomic E-state index is -3.53. The van der Waals surface area contributed by atoms with Gasteiger partial charge in [0.15, 0.2) is 0 Å². The second-order valence-electron chi connectivity index (χ2n) is 12.8. The molecule has 4 aromatic rings. The summed E-state index contributed by atoms with van der Waals surface area (Å²) in [5, 5.41) is 23.6.